The minimum atomic E-state index is 0. The van der Waals surface area contributed by atoms with Crippen molar-refractivity contribution in [3.63, 3.8) is 0 Å². The molecular weight excluding hydrogens is 414 g/mol. The number of aliphatic hydroxyl groups is 3. The summed E-state index contributed by atoms with van der Waals surface area (Å²) < 4.78 is 0. The van der Waals surface area contributed by atoms with Crippen molar-refractivity contribution in [1.82, 2.24) is 9.80 Å². The molecule has 0 heterocycles. The van der Waals surface area contributed by atoms with Crippen molar-refractivity contribution in [3.05, 3.63) is 0 Å². The lowest BCUT2D eigenvalue weighted by molar-refractivity contribution is 0.147. The number of aliphatic hydroxyl groups excluding tert-OH is 3. The fraction of sp³-hybridized carbons (Fsp3) is 1.00. The second kappa shape index (κ2) is 30.7. The van der Waals surface area contributed by atoms with Gasteiger partial charge in [-0.15, -0.1) is 0 Å². The molecule has 3 N–H and O–H groups in total. The summed E-state index contributed by atoms with van der Waals surface area (Å²) in [6, 6.07) is 0. The number of hydrogen-bond donors (Lipinski definition) is 3. The Morgan fingerprint density at radius 3 is 1.00 bits per heavy atom. The molecule has 198 valence electrons. The topological polar surface area (TPSA) is 67.2 Å². The highest BCUT2D eigenvalue weighted by Crippen LogP contribution is 2.13. The number of hydrogen-bond acceptors (Lipinski definition) is 5. The Balaban J connectivity index is -0.00000420. The highest BCUT2D eigenvalue weighted by atomic mass is 19.0. The summed E-state index contributed by atoms with van der Waals surface area (Å²) in [5.41, 5.74) is 0. The lowest BCUT2D eigenvalue weighted by atomic mass is 10.0. The Bertz CT molecular complexity index is 324. The summed E-state index contributed by atoms with van der Waals surface area (Å²) in [6.45, 7) is 7.71. The van der Waals surface area contributed by atoms with Gasteiger partial charge in [-0.3, -0.25) is 14.3 Å². The van der Waals surface area contributed by atoms with Crippen LogP contribution in [0.3, 0.4) is 0 Å². The monoisotopic (exact) mass is 470 g/mol. The van der Waals surface area contributed by atoms with Crippen molar-refractivity contribution in [2.45, 2.75) is 103 Å². The third kappa shape index (κ3) is 25.9. The van der Waals surface area contributed by atoms with Crippen molar-refractivity contribution in [2.24, 2.45) is 0 Å². The van der Waals surface area contributed by atoms with Crippen molar-refractivity contribution < 1.29 is 24.7 Å². The molecule has 32 heavy (non-hydrogen) atoms. The van der Waals surface area contributed by atoms with Gasteiger partial charge in [-0.2, -0.15) is 0 Å². The minimum absolute atomic E-state index is 0. The van der Waals surface area contributed by atoms with Crippen LogP contribution in [0.2, 0.25) is 0 Å². The van der Waals surface area contributed by atoms with E-state index in [1.54, 1.807) is 0 Å². The molecule has 0 aromatic heterocycles. The third-order valence-corrected chi connectivity index (χ3v) is 6.03. The van der Waals surface area contributed by atoms with Gasteiger partial charge in [0.15, 0.2) is 0 Å². The van der Waals surface area contributed by atoms with Crippen molar-refractivity contribution >= 4 is 0 Å². The molecule has 0 aliphatic rings. The van der Waals surface area contributed by atoms with Crippen LogP contribution in [0.5, 0.6) is 0 Å². The van der Waals surface area contributed by atoms with Gasteiger partial charge >= 0.3 is 0 Å². The highest BCUT2D eigenvalue weighted by molar-refractivity contribution is 4.62. The van der Waals surface area contributed by atoms with Gasteiger partial charge in [0.25, 0.3) is 0 Å². The number of unbranched alkanes of at least 4 members (excludes halogenated alkanes) is 13. The predicted molar refractivity (Wildman–Crippen MR) is 134 cm³/mol. The Hall–Kier alpha value is -0.340. The zero-order valence-electron chi connectivity index (χ0n) is 21.0. The first-order valence-electron chi connectivity index (χ1n) is 13.1. The molecule has 0 aromatic carbocycles. The van der Waals surface area contributed by atoms with Crippen LogP contribution in [0.15, 0.2) is 0 Å². The molecule has 0 rings (SSSR count). The van der Waals surface area contributed by atoms with Gasteiger partial charge in [-0.25, -0.2) is 0 Å². The lowest BCUT2D eigenvalue weighted by Crippen LogP contribution is -2.35. The van der Waals surface area contributed by atoms with Gasteiger partial charge in [0.2, 0.25) is 0 Å². The molecule has 7 heteroatoms. The summed E-state index contributed by atoms with van der Waals surface area (Å²) in [6.07, 6.45) is 20.4. The van der Waals surface area contributed by atoms with Crippen molar-refractivity contribution in [2.75, 3.05) is 59.1 Å². The summed E-state index contributed by atoms with van der Waals surface area (Å²) >= 11 is 0. The van der Waals surface area contributed by atoms with E-state index >= 15 is 0 Å². The molecule has 0 unspecified atom stereocenters. The van der Waals surface area contributed by atoms with Crippen LogP contribution in [0, 0.1) is 0 Å². The minimum Gasteiger partial charge on any atom is -0.395 e. The zero-order chi connectivity index (χ0) is 22.1. The molecule has 0 aliphatic carbocycles. The average molecular weight is 471 g/mol. The maximum Gasteiger partial charge on any atom is 0.0558 e. The molecule has 0 saturated heterocycles. The van der Waals surface area contributed by atoms with Gasteiger partial charge in [-0.1, -0.05) is 90.4 Å². The quantitative estimate of drug-likeness (QED) is 0.168. The number of rotatable bonds is 25. The molecular formula is C25H56F2N2O3. The Morgan fingerprint density at radius 1 is 0.375 bits per heavy atom. The molecule has 0 amide bonds. The van der Waals surface area contributed by atoms with Crippen LogP contribution in [0.25, 0.3) is 0 Å². The third-order valence-electron chi connectivity index (χ3n) is 6.03. The molecule has 0 fully saturated rings. The van der Waals surface area contributed by atoms with Crippen LogP contribution in [0.1, 0.15) is 103 Å². The second-order valence-corrected chi connectivity index (χ2v) is 8.80. The molecule has 0 aromatic rings. The van der Waals surface area contributed by atoms with E-state index in [1.807, 2.05) is 0 Å². The Kier molecular flexibility index (Phi) is 34.7. The van der Waals surface area contributed by atoms with Crippen LogP contribution >= 0.6 is 0 Å². The van der Waals surface area contributed by atoms with Crippen molar-refractivity contribution in [3.8, 4) is 0 Å². The molecule has 0 saturated carbocycles. The predicted octanol–water partition coefficient (Wildman–Crippen LogP) is 4.74. The van der Waals surface area contributed by atoms with Gasteiger partial charge in [0.1, 0.15) is 0 Å². The van der Waals surface area contributed by atoms with E-state index in [4.69, 9.17) is 10.2 Å². The van der Waals surface area contributed by atoms with E-state index in [0.29, 0.717) is 13.1 Å². The maximum absolute atomic E-state index is 9.31. The first-order valence-corrected chi connectivity index (χ1v) is 13.1. The van der Waals surface area contributed by atoms with Gasteiger partial charge < -0.3 is 20.2 Å². The SMILES string of the molecule is CCCCCCCCCCCCCCCCN(CCO)CCCN(CCO)CCO.F.F. The lowest BCUT2D eigenvalue weighted by Gasteiger charge is -2.24. The summed E-state index contributed by atoms with van der Waals surface area (Å²) in [5, 5.41) is 27.5. The second-order valence-electron chi connectivity index (χ2n) is 8.80. The van der Waals surface area contributed by atoms with Gasteiger partial charge in [0, 0.05) is 19.6 Å². The molecule has 0 spiro atoms. The molecule has 0 bridgehead atoms. The average Bonchev–Trinajstić information content (AvgIpc) is 2.74. The Labute approximate surface area is 197 Å². The van der Waals surface area contributed by atoms with Crippen LogP contribution < -0.4 is 0 Å². The summed E-state index contributed by atoms with van der Waals surface area (Å²) in [7, 11) is 0. The molecule has 5 nitrogen and oxygen atoms in total. The summed E-state index contributed by atoms with van der Waals surface area (Å²) in [5.74, 6) is 0. The summed E-state index contributed by atoms with van der Waals surface area (Å²) in [4.78, 5) is 4.46. The van der Waals surface area contributed by atoms with Crippen molar-refractivity contribution in [1.29, 1.82) is 0 Å². The van der Waals surface area contributed by atoms with E-state index in [-0.39, 0.29) is 29.2 Å². The highest BCUT2D eigenvalue weighted by Gasteiger charge is 2.07. The van der Waals surface area contributed by atoms with E-state index in [1.165, 1.54) is 89.9 Å². The largest absolute Gasteiger partial charge is 0.395 e. The first kappa shape index (κ1) is 36.2. The van der Waals surface area contributed by atoms with Crippen LogP contribution in [0.4, 0.5) is 9.41 Å². The van der Waals surface area contributed by atoms with Gasteiger partial charge in [0.05, 0.1) is 19.8 Å². The van der Waals surface area contributed by atoms with Crippen LogP contribution in [-0.2, 0) is 0 Å². The first-order chi connectivity index (χ1) is 14.8. The fourth-order valence-electron chi connectivity index (χ4n) is 4.14. The molecule has 0 atom stereocenters. The van der Waals surface area contributed by atoms with E-state index in [2.05, 4.69) is 16.7 Å². The number of nitrogens with zero attached hydrogens (tertiary/aromatic N) is 2. The maximum atomic E-state index is 9.31. The van der Waals surface area contributed by atoms with E-state index in [9.17, 15) is 5.11 Å². The fourth-order valence-corrected chi connectivity index (χ4v) is 4.14. The van der Waals surface area contributed by atoms with Gasteiger partial charge in [-0.05, 0) is 32.5 Å². The normalized spacial score (nSPS) is 11.1. The standard InChI is InChI=1S/C25H54N2O3.2FH/c1-2-3-4-5-6-7-8-9-10-11-12-13-14-15-17-26(20-23-28)18-16-19-27(21-24-29)22-25-30;;/h28-30H,2-25H2,1H3;2*1H. The molecule has 0 aliphatic heterocycles. The smallest absolute Gasteiger partial charge is 0.0558 e. The number of halogens is 2. The van der Waals surface area contributed by atoms with E-state index in [0.717, 1.165) is 32.6 Å². The Morgan fingerprint density at radius 2 is 0.656 bits per heavy atom. The molecule has 0 radical (unpaired) electrons. The van der Waals surface area contributed by atoms with Crippen LogP contribution in [-0.4, -0.2) is 84.2 Å². The van der Waals surface area contributed by atoms with E-state index < -0.39 is 0 Å². The zero-order valence-corrected chi connectivity index (χ0v) is 21.0.